The summed E-state index contributed by atoms with van der Waals surface area (Å²) in [6, 6.07) is 3.53. The summed E-state index contributed by atoms with van der Waals surface area (Å²) in [4.78, 5) is 0. The predicted molar refractivity (Wildman–Crippen MR) is 64.9 cm³/mol. The quantitative estimate of drug-likeness (QED) is 0.838. The van der Waals surface area contributed by atoms with Crippen LogP contribution in [0.25, 0.3) is 0 Å². The number of hydrogen-bond donors (Lipinski definition) is 2. The molecule has 0 heterocycles. The molecule has 1 atom stereocenters. The summed E-state index contributed by atoms with van der Waals surface area (Å²) < 4.78 is 45.2. The molecule has 1 aromatic carbocycles. The third kappa shape index (κ3) is 4.96. The van der Waals surface area contributed by atoms with Crippen molar-refractivity contribution in [3.8, 4) is 11.5 Å². The Morgan fingerprint density at radius 1 is 1.32 bits per heavy atom. The number of rotatable bonds is 6. The van der Waals surface area contributed by atoms with Gasteiger partial charge in [0.15, 0.2) is 0 Å². The molecule has 108 valence electrons. The van der Waals surface area contributed by atoms with E-state index in [0.717, 1.165) is 6.42 Å². The van der Waals surface area contributed by atoms with Gasteiger partial charge in [0.25, 0.3) is 0 Å². The third-order valence-electron chi connectivity index (χ3n) is 2.56. The SMILES string of the molecule is COc1cc(OC(F)(F)F)ccc1[C@H](N)CCCN. The third-order valence-corrected chi connectivity index (χ3v) is 2.56. The van der Waals surface area contributed by atoms with Crippen LogP contribution in [0, 0.1) is 0 Å². The van der Waals surface area contributed by atoms with E-state index in [9.17, 15) is 13.2 Å². The maximum atomic E-state index is 12.1. The molecule has 1 rings (SSSR count). The van der Waals surface area contributed by atoms with Crippen LogP contribution in [0.1, 0.15) is 24.4 Å². The van der Waals surface area contributed by atoms with Crippen LogP contribution in [0.4, 0.5) is 13.2 Å². The number of benzene rings is 1. The Morgan fingerprint density at radius 3 is 2.53 bits per heavy atom. The molecule has 4 nitrogen and oxygen atoms in total. The van der Waals surface area contributed by atoms with Gasteiger partial charge in [0.05, 0.1) is 7.11 Å². The number of alkyl halides is 3. The fraction of sp³-hybridized carbons (Fsp3) is 0.500. The summed E-state index contributed by atoms with van der Waals surface area (Å²) in [5, 5.41) is 0. The molecule has 0 unspecified atom stereocenters. The molecule has 0 spiro atoms. The zero-order valence-corrected chi connectivity index (χ0v) is 10.5. The van der Waals surface area contributed by atoms with E-state index in [-0.39, 0.29) is 17.5 Å². The molecule has 0 aliphatic carbocycles. The number of nitrogens with two attached hydrogens (primary N) is 2. The maximum absolute atomic E-state index is 12.1. The minimum Gasteiger partial charge on any atom is -0.496 e. The van der Waals surface area contributed by atoms with Gasteiger partial charge in [-0.25, -0.2) is 0 Å². The normalized spacial score (nSPS) is 13.2. The second kappa shape index (κ2) is 6.63. The summed E-state index contributed by atoms with van der Waals surface area (Å²) in [5.41, 5.74) is 12.0. The van der Waals surface area contributed by atoms with Crippen molar-refractivity contribution < 1.29 is 22.6 Å². The predicted octanol–water partition coefficient (Wildman–Crippen LogP) is 2.33. The van der Waals surface area contributed by atoms with Gasteiger partial charge in [-0.3, -0.25) is 0 Å². The molecule has 0 aliphatic rings. The number of hydrogen-bond acceptors (Lipinski definition) is 4. The van der Waals surface area contributed by atoms with Gasteiger partial charge in [0, 0.05) is 17.7 Å². The van der Waals surface area contributed by atoms with Crippen molar-refractivity contribution in [1.29, 1.82) is 0 Å². The molecule has 0 amide bonds. The Kier molecular flexibility index (Phi) is 5.44. The summed E-state index contributed by atoms with van der Waals surface area (Å²) in [5.74, 6) is -0.0644. The van der Waals surface area contributed by atoms with E-state index < -0.39 is 6.36 Å². The number of ether oxygens (including phenoxy) is 2. The van der Waals surface area contributed by atoms with Crippen molar-refractivity contribution in [2.45, 2.75) is 25.2 Å². The van der Waals surface area contributed by atoms with E-state index in [1.165, 1.54) is 25.3 Å². The van der Waals surface area contributed by atoms with E-state index in [1.807, 2.05) is 0 Å². The first kappa shape index (κ1) is 15.6. The largest absolute Gasteiger partial charge is 0.573 e. The van der Waals surface area contributed by atoms with Gasteiger partial charge in [-0.1, -0.05) is 6.07 Å². The molecule has 0 saturated carbocycles. The molecular weight excluding hydrogens is 261 g/mol. The van der Waals surface area contributed by atoms with Crippen molar-refractivity contribution in [1.82, 2.24) is 0 Å². The van der Waals surface area contributed by atoms with Crippen LogP contribution in [0.2, 0.25) is 0 Å². The second-order valence-corrected chi connectivity index (χ2v) is 3.99. The molecule has 1 aromatic rings. The lowest BCUT2D eigenvalue weighted by atomic mass is 10.0. The highest BCUT2D eigenvalue weighted by Crippen LogP contribution is 2.32. The molecule has 19 heavy (non-hydrogen) atoms. The Hall–Kier alpha value is -1.47. The van der Waals surface area contributed by atoms with Crippen molar-refractivity contribution in [3.05, 3.63) is 23.8 Å². The van der Waals surface area contributed by atoms with E-state index >= 15 is 0 Å². The lowest BCUT2D eigenvalue weighted by Gasteiger charge is -2.17. The molecule has 0 fully saturated rings. The molecule has 0 bridgehead atoms. The highest BCUT2D eigenvalue weighted by Gasteiger charge is 2.31. The highest BCUT2D eigenvalue weighted by atomic mass is 19.4. The first-order chi connectivity index (χ1) is 8.87. The summed E-state index contributed by atoms with van der Waals surface area (Å²) in [6.45, 7) is 0.505. The van der Waals surface area contributed by atoms with Gasteiger partial charge in [-0.15, -0.1) is 13.2 Å². The van der Waals surface area contributed by atoms with Gasteiger partial charge >= 0.3 is 6.36 Å². The molecule has 0 aromatic heterocycles. The standard InChI is InChI=1S/C12H17F3N2O2/c1-18-11-7-8(19-12(13,14)15)4-5-9(11)10(17)3-2-6-16/h4-5,7,10H,2-3,6,16-17H2,1H3/t10-/m1/s1. The minimum absolute atomic E-state index is 0.270. The van der Waals surface area contributed by atoms with Crippen LogP contribution < -0.4 is 20.9 Å². The van der Waals surface area contributed by atoms with Crippen molar-refractivity contribution in [2.75, 3.05) is 13.7 Å². The lowest BCUT2D eigenvalue weighted by molar-refractivity contribution is -0.274. The molecule has 0 radical (unpaired) electrons. The van der Waals surface area contributed by atoms with Gasteiger partial charge in [0.1, 0.15) is 11.5 Å². The summed E-state index contributed by atoms with van der Waals surface area (Å²) >= 11 is 0. The fourth-order valence-corrected chi connectivity index (χ4v) is 1.69. The Labute approximate surface area is 109 Å². The van der Waals surface area contributed by atoms with Crippen LogP contribution in [-0.4, -0.2) is 20.0 Å². The zero-order valence-electron chi connectivity index (χ0n) is 10.5. The van der Waals surface area contributed by atoms with E-state index in [4.69, 9.17) is 16.2 Å². The first-order valence-electron chi connectivity index (χ1n) is 5.76. The van der Waals surface area contributed by atoms with E-state index in [2.05, 4.69) is 4.74 Å². The fourth-order valence-electron chi connectivity index (χ4n) is 1.69. The molecule has 0 saturated heterocycles. The lowest BCUT2D eigenvalue weighted by Crippen LogP contribution is -2.18. The van der Waals surface area contributed by atoms with Crippen LogP contribution in [0.3, 0.4) is 0 Å². The second-order valence-electron chi connectivity index (χ2n) is 3.99. The Bertz CT molecular complexity index is 410. The van der Waals surface area contributed by atoms with E-state index in [1.54, 1.807) is 0 Å². The molecule has 0 aliphatic heterocycles. The van der Waals surface area contributed by atoms with Crippen molar-refractivity contribution in [3.63, 3.8) is 0 Å². The molecule has 7 heteroatoms. The van der Waals surface area contributed by atoms with Gasteiger partial charge < -0.3 is 20.9 Å². The van der Waals surface area contributed by atoms with E-state index in [0.29, 0.717) is 18.5 Å². The van der Waals surface area contributed by atoms with Crippen molar-refractivity contribution >= 4 is 0 Å². The summed E-state index contributed by atoms with van der Waals surface area (Å²) in [6.07, 6.45) is -3.37. The highest BCUT2D eigenvalue weighted by molar-refractivity contribution is 5.42. The van der Waals surface area contributed by atoms with Crippen LogP contribution in [-0.2, 0) is 0 Å². The Morgan fingerprint density at radius 2 is 2.00 bits per heavy atom. The molecule has 4 N–H and O–H groups in total. The van der Waals surface area contributed by atoms with Gasteiger partial charge in [-0.2, -0.15) is 0 Å². The van der Waals surface area contributed by atoms with Crippen LogP contribution >= 0.6 is 0 Å². The maximum Gasteiger partial charge on any atom is 0.573 e. The van der Waals surface area contributed by atoms with Crippen LogP contribution in [0.15, 0.2) is 18.2 Å². The van der Waals surface area contributed by atoms with Crippen LogP contribution in [0.5, 0.6) is 11.5 Å². The number of methoxy groups -OCH3 is 1. The Balaban J connectivity index is 2.90. The van der Waals surface area contributed by atoms with Gasteiger partial charge in [-0.05, 0) is 25.5 Å². The topological polar surface area (TPSA) is 70.5 Å². The van der Waals surface area contributed by atoms with Gasteiger partial charge in [0.2, 0.25) is 0 Å². The molecular formula is C12H17F3N2O2. The smallest absolute Gasteiger partial charge is 0.496 e. The summed E-state index contributed by atoms with van der Waals surface area (Å²) in [7, 11) is 1.37. The van der Waals surface area contributed by atoms with Crippen molar-refractivity contribution in [2.24, 2.45) is 11.5 Å². The average molecular weight is 278 g/mol. The monoisotopic (exact) mass is 278 g/mol. The first-order valence-corrected chi connectivity index (χ1v) is 5.76. The minimum atomic E-state index is -4.73. The average Bonchev–Trinajstić information content (AvgIpc) is 2.33. The number of halogens is 3. The zero-order chi connectivity index (χ0) is 14.5.